The average molecular weight is 501 g/mol. The predicted molar refractivity (Wildman–Crippen MR) is 125 cm³/mol. The van der Waals surface area contributed by atoms with Gasteiger partial charge in [0.05, 0.1) is 17.4 Å². The molecule has 0 atom stereocenters. The van der Waals surface area contributed by atoms with Crippen molar-refractivity contribution in [2.75, 3.05) is 11.9 Å². The monoisotopic (exact) mass is 500 g/mol. The lowest BCUT2D eigenvalue weighted by molar-refractivity contribution is -0.112. The van der Waals surface area contributed by atoms with Gasteiger partial charge in [-0.15, -0.1) is 0 Å². The Bertz CT molecular complexity index is 1380. The molecule has 1 amide bonds. The minimum atomic E-state index is -3.68. The molecule has 1 N–H and O–H groups in total. The van der Waals surface area contributed by atoms with E-state index in [1.54, 1.807) is 49.4 Å². The number of hydrogen-bond donors (Lipinski definition) is 1. The lowest BCUT2D eigenvalue weighted by atomic mass is 10.1. The van der Waals surface area contributed by atoms with E-state index in [4.69, 9.17) is 9.15 Å². The number of nitriles is 1. The summed E-state index contributed by atoms with van der Waals surface area (Å²) in [6, 6.07) is 11.6. The molecular formula is C22H20N4O6S2. The summed E-state index contributed by atoms with van der Waals surface area (Å²) in [5.74, 6) is -0.501. The number of hydrogen-bond acceptors (Lipinski definition) is 10. The number of furan rings is 1. The molecule has 0 unspecified atom stereocenters. The van der Waals surface area contributed by atoms with E-state index in [1.165, 1.54) is 19.9 Å². The molecule has 0 saturated carbocycles. The molecular weight excluding hydrogens is 480 g/mol. The predicted octanol–water partition coefficient (Wildman–Crippen LogP) is 3.70. The van der Waals surface area contributed by atoms with Crippen molar-refractivity contribution in [1.29, 1.82) is 5.26 Å². The Morgan fingerprint density at radius 3 is 2.56 bits per heavy atom. The number of nitrogens with zero attached hydrogens (tertiary/aromatic N) is 3. The van der Waals surface area contributed by atoms with Gasteiger partial charge in [0, 0.05) is 23.2 Å². The number of sulfone groups is 1. The fraction of sp³-hybridized carbons (Fsp3) is 0.227. The number of nitrogens with one attached hydrogen (secondary N) is 1. The third kappa shape index (κ3) is 5.56. The molecule has 0 aliphatic heterocycles. The number of amides is 1. The highest BCUT2D eigenvalue weighted by Gasteiger charge is 2.25. The molecule has 0 aliphatic rings. The van der Waals surface area contributed by atoms with E-state index in [-0.39, 0.29) is 28.2 Å². The fourth-order valence-corrected chi connectivity index (χ4v) is 4.31. The first-order valence-corrected chi connectivity index (χ1v) is 12.4. The molecule has 0 aliphatic carbocycles. The molecule has 0 spiro atoms. The second kappa shape index (κ2) is 10.4. The highest BCUT2D eigenvalue weighted by molar-refractivity contribution is 7.91. The van der Waals surface area contributed by atoms with Gasteiger partial charge in [0.15, 0.2) is 0 Å². The van der Waals surface area contributed by atoms with Crippen molar-refractivity contribution in [2.24, 2.45) is 0 Å². The van der Waals surface area contributed by atoms with Gasteiger partial charge in [-0.25, -0.2) is 13.2 Å². The first kappa shape index (κ1) is 24.8. The van der Waals surface area contributed by atoms with E-state index in [9.17, 15) is 23.3 Å². The maximum Gasteiger partial charge on any atom is 0.338 e. The molecule has 1 aromatic carbocycles. The molecule has 34 heavy (non-hydrogen) atoms. The van der Waals surface area contributed by atoms with E-state index in [1.807, 2.05) is 0 Å². The van der Waals surface area contributed by atoms with Crippen LogP contribution in [0.1, 0.15) is 36.9 Å². The molecule has 176 valence electrons. The van der Waals surface area contributed by atoms with Gasteiger partial charge in [-0.3, -0.25) is 10.1 Å². The van der Waals surface area contributed by atoms with Crippen molar-refractivity contribution < 1.29 is 27.2 Å². The van der Waals surface area contributed by atoms with Crippen molar-refractivity contribution in [3.63, 3.8) is 0 Å². The molecule has 0 fully saturated rings. The van der Waals surface area contributed by atoms with Gasteiger partial charge in [0.2, 0.25) is 15.0 Å². The topological polar surface area (TPSA) is 152 Å². The maximum atomic E-state index is 12.5. The number of rotatable bonds is 8. The number of ether oxygens (including phenoxy) is 1. The van der Waals surface area contributed by atoms with E-state index in [0.29, 0.717) is 28.4 Å². The summed E-state index contributed by atoms with van der Waals surface area (Å²) in [6.45, 7) is 5.00. The second-order valence-corrected chi connectivity index (χ2v) is 10.2. The zero-order valence-electron chi connectivity index (χ0n) is 18.4. The van der Waals surface area contributed by atoms with Crippen LogP contribution in [0.2, 0.25) is 0 Å². The van der Waals surface area contributed by atoms with Crippen LogP contribution in [-0.2, 0) is 19.4 Å². The Morgan fingerprint density at radius 1 is 1.24 bits per heavy atom. The average Bonchev–Trinajstić information content (AvgIpc) is 3.47. The van der Waals surface area contributed by atoms with Gasteiger partial charge in [-0.2, -0.15) is 14.6 Å². The van der Waals surface area contributed by atoms with Gasteiger partial charge < -0.3 is 9.15 Å². The number of carbonyl (C=O) groups is 2. The summed E-state index contributed by atoms with van der Waals surface area (Å²) < 4.78 is 38.7. The quantitative estimate of drug-likeness (QED) is 0.277. The Balaban J connectivity index is 1.74. The highest BCUT2D eigenvalue weighted by atomic mass is 32.2. The number of carbonyl (C=O) groups excluding carboxylic acids is 2. The zero-order chi connectivity index (χ0) is 24.9. The van der Waals surface area contributed by atoms with Crippen molar-refractivity contribution in [1.82, 2.24) is 9.36 Å². The molecule has 10 nitrogen and oxygen atoms in total. The Hall–Kier alpha value is -3.82. The van der Waals surface area contributed by atoms with Gasteiger partial charge in [0.1, 0.15) is 23.2 Å². The summed E-state index contributed by atoms with van der Waals surface area (Å²) >= 11 is 0.699. The Kier molecular flexibility index (Phi) is 7.60. The molecule has 3 aromatic rings. The van der Waals surface area contributed by atoms with E-state index >= 15 is 0 Å². The first-order valence-electron chi connectivity index (χ1n) is 10.0. The second-order valence-electron chi connectivity index (χ2n) is 7.10. The van der Waals surface area contributed by atoms with Gasteiger partial charge in [-0.05, 0) is 45.0 Å². The standard InChI is InChI=1S/C22H20N4O6S2/c1-4-31-20(28)15-7-5-14(6-8-15)18-10-9-17(32-18)11-16(12-23)19(27)24-21-25-22(26-33-21)34(29,30)13(2)3/h5-11,13H,4H2,1-3H3,(H,24,25,26,27). The lowest BCUT2D eigenvalue weighted by Crippen LogP contribution is -2.16. The van der Waals surface area contributed by atoms with Crippen LogP contribution in [0.5, 0.6) is 0 Å². The largest absolute Gasteiger partial charge is 0.462 e. The van der Waals surface area contributed by atoms with E-state index < -0.39 is 27.0 Å². The Labute approximate surface area is 200 Å². The van der Waals surface area contributed by atoms with Crippen LogP contribution in [0.3, 0.4) is 0 Å². The highest BCUT2D eigenvalue weighted by Crippen LogP contribution is 2.25. The van der Waals surface area contributed by atoms with Crippen molar-refractivity contribution in [3.05, 3.63) is 53.3 Å². The summed E-state index contributed by atoms with van der Waals surface area (Å²) in [5, 5.41) is 10.6. The normalized spacial score (nSPS) is 11.8. The van der Waals surface area contributed by atoms with Crippen molar-refractivity contribution in [3.8, 4) is 17.4 Å². The molecule has 2 aromatic heterocycles. The summed E-state index contributed by atoms with van der Waals surface area (Å²) in [4.78, 5) is 28.1. The molecule has 0 bridgehead atoms. The zero-order valence-corrected chi connectivity index (χ0v) is 20.1. The summed E-state index contributed by atoms with van der Waals surface area (Å²) in [5.41, 5.74) is 0.812. The lowest BCUT2D eigenvalue weighted by Gasteiger charge is -2.02. The Morgan fingerprint density at radius 2 is 1.94 bits per heavy atom. The first-order chi connectivity index (χ1) is 16.1. The minimum absolute atomic E-state index is 0.0489. The van der Waals surface area contributed by atoms with Gasteiger partial charge >= 0.3 is 5.97 Å². The van der Waals surface area contributed by atoms with Crippen LogP contribution in [0, 0.1) is 11.3 Å². The fourth-order valence-electron chi connectivity index (χ4n) is 2.61. The van der Waals surface area contributed by atoms with Crippen molar-refractivity contribution >= 4 is 44.5 Å². The van der Waals surface area contributed by atoms with Crippen LogP contribution < -0.4 is 5.32 Å². The van der Waals surface area contributed by atoms with Gasteiger partial charge in [-0.1, -0.05) is 12.1 Å². The maximum absolute atomic E-state index is 12.5. The van der Waals surface area contributed by atoms with E-state index in [0.717, 1.165) is 0 Å². The van der Waals surface area contributed by atoms with E-state index in [2.05, 4.69) is 14.7 Å². The van der Waals surface area contributed by atoms with Crippen LogP contribution >= 0.6 is 11.5 Å². The summed E-state index contributed by atoms with van der Waals surface area (Å²) in [6.07, 6.45) is 1.25. The molecule has 0 saturated heterocycles. The smallest absolute Gasteiger partial charge is 0.338 e. The molecule has 2 heterocycles. The van der Waals surface area contributed by atoms with Crippen LogP contribution in [0.4, 0.5) is 5.13 Å². The van der Waals surface area contributed by atoms with Crippen LogP contribution in [0.25, 0.3) is 17.4 Å². The SMILES string of the molecule is CCOC(=O)c1ccc(-c2ccc(C=C(C#N)C(=O)Nc3nc(S(=O)(=O)C(C)C)ns3)o2)cc1. The minimum Gasteiger partial charge on any atom is -0.462 e. The van der Waals surface area contributed by atoms with Crippen LogP contribution in [-0.4, -0.2) is 41.5 Å². The number of aromatic nitrogens is 2. The molecule has 3 rings (SSSR count). The third-order valence-electron chi connectivity index (χ3n) is 4.46. The summed E-state index contributed by atoms with van der Waals surface area (Å²) in [7, 11) is -3.68. The number of esters is 1. The van der Waals surface area contributed by atoms with Crippen LogP contribution in [0.15, 0.2) is 51.5 Å². The number of benzene rings is 1. The van der Waals surface area contributed by atoms with Gasteiger partial charge in [0.25, 0.3) is 11.1 Å². The molecule has 12 heteroatoms. The third-order valence-corrected chi connectivity index (χ3v) is 7.14. The molecule has 0 radical (unpaired) electrons. The number of anilines is 1. The van der Waals surface area contributed by atoms with Crippen molar-refractivity contribution in [2.45, 2.75) is 31.2 Å².